The Morgan fingerprint density at radius 1 is 1.10 bits per heavy atom. The second kappa shape index (κ2) is 11.2. The molecule has 8 nitrogen and oxygen atoms in total. The van der Waals surface area contributed by atoms with Crippen molar-refractivity contribution < 1.29 is 24.2 Å². The second-order valence-corrected chi connectivity index (χ2v) is 6.13. The normalized spacial score (nSPS) is 10.5. The number of benzene rings is 2. The maximum Gasteiger partial charge on any atom is 0.329 e. The first kappa shape index (κ1) is 21.6. The van der Waals surface area contributed by atoms with Gasteiger partial charge in [-0.25, -0.2) is 5.43 Å². The summed E-state index contributed by atoms with van der Waals surface area (Å²) in [6.07, 6.45) is 2.89. The van der Waals surface area contributed by atoms with E-state index in [1.54, 1.807) is 6.07 Å². The van der Waals surface area contributed by atoms with Gasteiger partial charge in [0.15, 0.2) is 0 Å². The monoisotopic (exact) mass is 396 g/mol. The van der Waals surface area contributed by atoms with Crippen molar-refractivity contribution in [3.05, 3.63) is 65.2 Å². The average molecular weight is 396 g/mol. The van der Waals surface area contributed by atoms with E-state index in [4.69, 9.17) is 4.74 Å². The third-order valence-electron chi connectivity index (χ3n) is 3.86. The van der Waals surface area contributed by atoms with Crippen molar-refractivity contribution in [3.63, 3.8) is 0 Å². The van der Waals surface area contributed by atoms with Crippen molar-refractivity contribution in [2.24, 2.45) is 5.10 Å². The van der Waals surface area contributed by atoms with Crippen LogP contribution in [0.1, 0.15) is 41.3 Å². The smallest absolute Gasteiger partial charge is 0.329 e. The summed E-state index contributed by atoms with van der Waals surface area (Å²) >= 11 is 0. The lowest BCUT2D eigenvalue weighted by Crippen LogP contribution is -2.38. The number of aromatic carboxylic acids is 1. The van der Waals surface area contributed by atoms with Crippen LogP contribution in [0.3, 0.4) is 0 Å². The lowest BCUT2D eigenvalue weighted by molar-refractivity contribution is -0.255. The van der Waals surface area contributed by atoms with E-state index in [2.05, 4.69) is 15.8 Å². The Balaban J connectivity index is 1.98. The zero-order valence-electron chi connectivity index (χ0n) is 16.0. The highest BCUT2D eigenvalue weighted by atomic mass is 16.5. The largest absolute Gasteiger partial charge is 0.545 e. The summed E-state index contributed by atoms with van der Waals surface area (Å²) in [4.78, 5) is 34.6. The van der Waals surface area contributed by atoms with E-state index < -0.39 is 17.8 Å². The van der Waals surface area contributed by atoms with Crippen LogP contribution in [0.25, 0.3) is 0 Å². The first-order chi connectivity index (χ1) is 14.0. The molecule has 0 unspecified atom stereocenters. The summed E-state index contributed by atoms with van der Waals surface area (Å²) in [5, 5.41) is 17.6. The van der Waals surface area contributed by atoms with Crippen molar-refractivity contribution in [2.75, 3.05) is 6.54 Å². The average Bonchev–Trinajstić information content (AvgIpc) is 2.73. The molecule has 0 spiro atoms. The number of carboxylic acids is 1. The Labute approximate surface area is 168 Å². The van der Waals surface area contributed by atoms with E-state index in [9.17, 15) is 19.5 Å². The van der Waals surface area contributed by atoms with Gasteiger partial charge >= 0.3 is 11.8 Å². The molecule has 0 aliphatic heterocycles. The molecule has 0 fully saturated rings. The van der Waals surface area contributed by atoms with Gasteiger partial charge in [-0.05, 0) is 35.7 Å². The first-order valence-corrected chi connectivity index (χ1v) is 9.14. The fourth-order valence-corrected chi connectivity index (χ4v) is 2.32. The number of nitrogens with one attached hydrogen (secondary N) is 2. The summed E-state index contributed by atoms with van der Waals surface area (Å²) in [5.41, 5.74) is 3.23. The first-order valence-electron chi connectivity index (χ1n) is 9.14. The summed E-state index contributed by atoms with van der Waals surface area (Å²) in [6, 6.07) is 13.7. The number of amides is 2. The molecule has 2 amide bonds. The molecule has 0 atom stereocenters. The van der Waals surface area contributed by atoms with E-state index >= 15 is 0 Å². The molecule has 0 aromatic heterocycles. The third-order valence-corrected chi connectivity index (χ3v) is 3.86. The number of unbranched alkanes of at least 4 members (excludes halogenated alkanes) is 1. The van der Waals surface area contributed by atoms with Gasteiger partial charge in [-0.3, -0.25) is 9.59 Å². The molecule has 8 heteroatoms. The number of nitrogens with zero attached hydrogens (tertiary/aromatic N) is 1. The maximum atomic E-state index is 11.6. The molecule has 2 rings (SSSR count). The fraction of sp³-hybridized carbons (Fsp3) is 0.238. The Hall–Kier alpha value is -3.68. The molecule has 152 valence electrons. The molecule has 2 aromatic rings. The predicted octanol–water partition coefficient (Wildman–Crippen LogP) is 0.995. The molecule has 0 radical (unpaired) electrons. The topological polar surface area (TPSA) is 120 Å². The van der Waals surface area contributed by atoms with Crippen LogP contribution in [0.4, 0.5) is 0 Å². The quantitative estimate of drug-likeness (QED) is 0.284. The number of carbonyl (C=O) groups is 3. The number of hydrogen-bond donors (Lipinski definition) is 2. The minimum Gasteiger partial charge on any atom is -0.545 e. The van der Waals surface area contributed by atoms with E-state index in [0.29, 0.717) is 12.1 Å². The third kappa shape index (κ3) is 7.10. The zero-order valence-corrected chi connectivity index (χ0v) is 16.0. The Kier molecular flexibility index (Phi) is 8.37. The standard InChI is InChI=1S/C21H23N3O5/c1-2-3-11-22-19(25)20(26)24-23-13-16-9-10-18(17(12-16)21(27)28)29-14-15-7-5-4-6-8-15/h4-10,12-13H,2-3,11,14H2,1H3,(H,22,25)(H,24,26)(H,27,28)/p-1/b23-13-. The summed E-state index contributed by atoms with van der Waals surface area (Å²) in [7, 11) is 0. The van der Waals surface area contributed by atoms with Crippen molar-refractivity contribution >= 4 is 24.0 Å². The Bertz CT molecular complexity index is 881. The zero-order chi connectivity index (χ0) is 21.1. The molecule has 2 N–H and O–H groups in total. The van der Waals surface area contributed by atoms with Gasteiger partial charge < -0.3 is 20.0 Å². The van der Waals surface area contributed by atoms with E-state index in [1.165, 1.54) is 18.3 Å². The van der Waals surface area contributed by atoms with Gasteiger partial charge in [-0.1, -0.05) is 43.7 Å². The minimum atomic E-state index is -1.40. The van der Waals surface area contributed by atoms with Gasteiger partial charge in [-0.15, -0.1) is 0 Å². The summed E-state index contributed by atoms with van der Waals surface area (Å²) in [5.74, 6) is -2.93. The molecular formula is C21H22N3O5-. The molecule has 2 aromatic carbocycles. The van der Waals surface area contributed by atoms with Gasteiger partial charge in [-0.2, -0.15) is 5.10 Å². The highest BCUT2D eigenvalue weighted by Crippen LogP contribution is 2.20. The van der Waals surface area contributed by atoms with Gasteiger partial charge in [0.05, 0.1) is 12.2 Å². The lowest BCUT2D eigenvalue weighted by Gasteiger charge is -2.13. The van der Waals surface area contributed by atoms with Crippen LogP contribution in [0.2, 0.25) is 0 Å². The molecule has 0 saturated heterocycles. The SMILES string of the molecule is CCCCNC(=O)C(=O)N/N=C\c1ccc(OCc2ccccc2)c(C(=O)[O-])c1. The van der Waals surface area contributed by atoms with Crippen LogP contribution < -0.4 is 20.6 Å². The highest BCUT2D eigenvalue weighted by molar-refractivity contribution is 6.35. The molecule has 0 saturated carbocycles. The molecule has 0 bridgehead atoms. The molecular weight excluding hydrogens is 374 g/mol. The fourth-order valence-electron chi connectivity index (χ4n) is 2.32. The van der Waals surface area contributed by atoms with Gasteiger partial charge in [0.25, 0.3) is 0 Å². The van der Waals surface area contributed by atoms with Crippen molar-refractivity contribution in [1.82, 2.24) is 10.7 Å². The number of ether oxygens (including phenoxy) is 1. The maximum absolute atomic E-state index is 11.6. The Morgan fingerprint density at radius 3 is 2.55 bits per heavy atom. The van der Waals surface area contributed by atoms with Crippen LogP contribution in [-0.2, 0) is 16.2 Å². The number of carboxylic acid groups (broad SMARTS) is 1. The van der Waals surface area contributed by atoms with E-state index in [-0.39, 0.29) is 17.9 Å². The molecule has 29 heavy (non-hydrogen) atoms. The van der Waals surface area contributed by atoms with Crippen LogP contribution in [0, 0.1) is 0 Å². The van der Waals surface area contributed by atoms with E-state index in [1.807, 2.05) is 37.3 Å². The van der Waals surface area contributed by atoms with Crippen LogP contribution >= 0.6 is 0 Å². The van der Waals surface area contributed by atoms with Crippen LogP contribution in [-0.4, -0.2) is 30.5 Å². The predicted molar refractivity (Wildman–Crippen MR) is 105 cm³/mol. The van der Waals surface area contributed by atoms with Crippen LogP contribution in [0.15, 0.2) is 53.6 Å². The van der Waals surface area contributed by atoms with Crippen LogP contribution in [0.5, 0.6) is 5.75 Å². The van der Waals surface area contributed by atoms with Crippen molar-refractivity contribution in [1.29, 1.82) is 0 Å². The summed E-state index contributed by atoms with van der Waals surface area (Å²) < 4.78 is 5.57. The number of hydrogen-bond acceptors (Lipinski definition) is 6. The van der Waals surface area contributed by atoms with Gasteiger partial charge in [0, 0.05) is 12.1 Å². The second-order valence-electron chi connectivity index (χ2n) is 6.13. The van der Waals surface area contributed by atoms with Crippen molar-refractivity contribution in [2.45, 2.75) is 26.4 Å². The van der Waals surface area contributed by atoms with E-state index in [0.717, 1.165) is 18.4 Å². The molecule has 0 aliphatic rings. The highest BCUT2D eigenvalue weighted by Gasteiger charge is 2.11. The number of hydrazone groups is 1. The van der Waals surface area contributed by atoms with Crippen molar-refractivity contribution in [3.8, 4) is 5.75 Å². The Morgan fingerprint density at radius 2 is 1.86 bits per heavy atom. The molecule has 0 heterocycles. The van der Waals surface area contributed by atoms with Gasteiger partial charge in [0.1, 0.15) is 12.4 Å². The summed E-state index contributed by atoms with van der Waals surface area (Å²) in [6.45, 7) is 2.58. The molecule has 0 aliphatic carbocycles. The van der Waals surface area contributed by atoms with Gasteiger partial charge in [0.2, 0.25) is 0 Å². The number of rotatable bonds is 9. The lowest BCUT2D eigenvalue weighted by atomic mass is 10.1. The number of carbonyl (C=O) groups excluding carboxylic acids is 3. The minimum absolute atomic E-state index is 0.145.